The van der Waals surface area contributed by atoms with Crippen molar-refractivity contribution in [2.45, 2.75) is 43.1 Å². The second-order valence-electron chi connectivity index (χ2n) is 7.02. The van der Waals surface area contributed by atoms with Crippen molar-refractivity contribution >= 4 is 29.4 Å². The maximum atomic E-state index is 12.2. The summed E-state index contributed by atoms with van der Waals surface area (Å²) < 4.78 is 0.238. The third-order valence-electron chi connectivity index (χ3n) is 3.57. The number of benzene rings is 2. The van der Waals surface area contributed by atoms with E-state index in [0.717, 1.165) is 17.1 Å². The number of carbonyl (C=O) groups is 1. The van der Waals surface area contributed by atoms with E-state index in [1.54, 1.807) is 0 Å². The van der Waals surface area contributed by atoms with E-state index < -0.39 is 0 Å². The number of aryl methyl sites for hydroxylation is 1. The van der Waals surface area contributed by atoms with Gasteiger partial charge in [-0.25, -0.2) is 0 Å². The van der Waals surface area contributed by atoms with Gasteiger partial charge in [0.15, 0.2) is 0 Å². The Morgan fingerprint density at radius 1 is 1.00 bits per heavy atom. The molecule has 0 spiro atoms. The second-order valence-corrected chi connectivity index (χ2v) is 9.99. The number of hydrogen-bond acceptors (Lipinski definition) is 3. The van der Waals surface area contributed by atoms with E-state index in [4.69, 9.17) is 0 Å². The third-order valence-corrected chi connectivity index (χ3v) is 5.92. The molecule has 0 aliphatic heterocycles. The van der Waals surface area contributed by atoms with Crippen LogP contribution >= 0.6 is 23.5 Å². The highest BCUT2D eigenvalue weighted by molar-refractivity contribution is 8.00. The van der Waals surface area contributed by atoms with Crippen molar-refractivity contribution in [3.05, 3.63) is 65.2 Å². The molecular weight excluding hydrogens is 346 g/mol. The summed E-state index contributed by atoms with van der Waals surface area (Å²) in [5.41, 5.74) is 3.23. The van der Waals surface area contributed by atoms with Crippen LogP contribution in [-0.4, -0.2) is 23.0 Å². The first kappa shape index (κ1) is 19.9. The van der Waals surface area contributed by atoms with Gasteiger partial charge >= 0.3 is 0 Å². The second kappa shape index (κ2) is 9.35. The Balaban J connectivity index is 1.78. The summed E-state index contributed by atoms with van der Waals surface area (Å²) in [4.78, 5) is 13.4. The van der Waals surface area contributed by atoms with Crippen LogP contribution in [0.15, 0.2) is 53.4 Å². The zero-order valence-electron chi connectivity index (χ0n) is 15.5. The van der Waals surface area contributed by atoms with E-state index in [1.807, 2.05) is 47.8 Å². The van der Waals surface area contributed by atoms with Crippen LogP contribution in [0.3, 0.4) is 0 Å². The predicted molar refractivity (Wildman–Crippen MR) is 112 cm³/mol. The van der Waals surface area contributed by atoms with Crippen molar-refractivity contribution in [2.24, 2.45) is 0 Å². The Morgan fingerprint density at radius 3 is 2.24 bits per heavy atom. The Labute approximate surface area is 160 Å². The number of rotatable bonds is 7. The summed E-state index contributed by atoms with van der Waals surface area (Å²) in [7, 11) is 0. The topological polar surface area (TPSA) is 29.1 Å². The summed E-state index contributed by atoms with van der Waals surface area (Å²) >= 11 is 3.67. The van der Waals surface area contributed by atoms with Crippen LogP contribution in [0.2, 0.25) is 0 Å². The Kier molecular flexibility index (Phi) is 7.45. The van der Waals surface area contributed by atoms with Gasteiger partial charge in [-0.3, -0.25) is 4.79 Å². The lowest BCUT2D eigenvalue weighted by Crippen LogP contribution is -2.26. The standard InChI is InChI=1S/C21H27NOS2/c1-16-5-11-19(12-6-16)24-15-17-7-9-18(10-8-17)20(23)22-13-14-25-21(2,3)4/h5-12H,13-15H2,1-4H3,(H,22,23). The molecule has 0 unspecified atom stereocenters. The van der Waals surface area contributed by atoms with Gasteiger partial charge in [0.1, 0.15) is 0 Å². The molecule has 0 radical (unpaired) electrons. The van der Waals surface area contributed by atoms with Gasteiger partial charge in [-0.05, 0) is 36.8 Å². The fourth-order valence-electron chi connectivity index (χ4n) is 2.18. The van der Waals surface area contributed by atoms with Crippen molar-refractivity contribution in [2.75, 3.05) is 12.3 Å². The lowest BCUT2D eigenvalue weighted by molar-refractivity contribution is 0.0956. The molecule has 1 N–H and O–H groups in total. The lowest BCUT2D eigenvalue weighted by atomic mass is 10.1. The number of carbonyl (C=O) groups excluding carboxylic acids is 1. The van der Waals surface area contributed by atoms with Gasteiger partial charge < -0.3 is 5.32 Å². The Morgan fingerprint density at radius 2 is 1.64 bits per heavy atom. The van der Waals surface area contributed by atoms with Crippen molar-refractivity contribution in [1.29, 1.82) is 0 Å². The molecule has 0 fully saturated rings. The molecule has 0 aliphatic carbocycles. The molecule has 0 saturated carbocycles. The van der Waals surface area contributed by atoms with Crippen LogP contribution in [0.1, 0.15) is 42.3 Å². The molecule has 2 aromatic carbocycles. The molecule has 0 aliphatic rings. The molecule has 2 rings (SSSR count). The average Bonchev–Trinajstić information content (AvgIpc) is 2.58. The normalized spacial score (nSPS) is 11.4. The third kappa shape index (κ3) is 7.57. The first-order valence-corrected chi connectivity index (χ1v) is 10.5. The van der Waals surface area contributed by atoms with Crippen LogP contribution in [0, 0.1) is 6.92 Å². The van der Waals surface area contributed by atoms with Crippen LogP contribution in [0.4, 0.5) is 0 Å². The van der Waals surface area contributed by atoms with Crippen LogP contribution < -0.4 is 5.32 Å². The first-order chi connectivity index (χ1) is 11.8. The summed E-state index contributed by atoms with van der Waals surface area (Å²) in [5.74, 6) is 1.85. The van der Waals surface area contributed by atoms with Gasteiger partial charge in [-0.15, -0.1) is 11.8 Å². The minimum atomic E-state index is 0.00671. The molecule has 134 valence electrons. The van der Waals surface area contributed by atoms with Gasteiger partial charge in [0, 0.05) is 33.3 Å². The van der Waals surface area contributed by atoms with Crippen molar-refractivity contribution in [1.82, 2.24) is 5.32 Å². The van der Waals surface area contributed by atoms with E-state index in [0.29, 0.717) is 6.54 Å². The highest BCUT2D eigenvalue weighted by Crippen LogP contribution is 2.23. The van der Waals surface area contributed by atoms with Crippen LogP contribution in [0.25, 0.3) is 0 Å². The van der Waals surface area contributed by atoms with Crippen LogP contribution in [-0.2, 0) is 5.75 Å². The van der Waals surface area contributed by atoms with Gasteiger partial charge in [-0.1, -0.05) is 50.6 Å². The number of amides is 1. The molecule has 1 amide bonds. The molecule has 2 nitrogen and oxygen atoms in total. The maximum Gasteiger partial charge on any atom is 0.251 e. The zero-order chi connectivity index (χ0) is 18.3. The van der Waals surface area contributed by atoms with Crippen LogP contribution in [0.5, 0.6) is 0 Å². The number of hydrogen-bond donors (Lipinski definition) is 1. The highest BCUT2D eigenvalue weighted by Gasteiger charge is 2.10. The SMILES string of the molecule is Cc1ccc(SCc2ccc(C(=O)NCCSC(C)(C)C)cc2)cc1. The highest BCUT2D eigenvalue weighted by atomic mass is 32.2. The average molecular weight is 374 g/mol. The number of thioether (sulfide) groups is 2. The maximum absolute atomic E-state index is 12.2. The molecule has 0 bridgehead atoms. The summed E-state index contributed by atoms with van der Waals surface area (Å²) in [5, 5.41) is 2.99. The predicted octanol–water partition coefficient (Wildman–Crippen LogP) is 5.55. The molecule has 25 heavy (non-hydrogen) atoms. The minimum Gasteiger partial charge on any atom is -0.351 e. The van der Waals surface area contributed by atoms with E-state index in [-0.39, 0.29) is 10.7 Å². The smallest absolute Gasteiger partial charge is 0.251 e. The molecule has 2 aromatic rings. The van der Waals surface area contributed by atoms with Gasteiger partial charge in [0.05, 0.1) is 0 Å². The zero-order valence-corrected chi connectivity index (χ0v) is 17.1. The number of nitrogens with one attached hydrogen (secondary N) is 1. The summed E-state index contributed by atoms with van der Waals surface area (Å²) in [6.07, 6.45) is 0. The summed E-state index contributed by atoms with van der Waals surface area (Å²) in [6, 6.07) is 16.5. The first-order valence-electron chi connectivity index (χ1n) is 8.54. The van der Waals surface area contributed by atoms with Gasteiger partial charge in [0.2, 0.25) is 0 Å². The lowest BCUT2D eigenvalue weighted by Gasteiger charge is -2.17. The fraction of sp³-hybridized carbons (Fsp3) is 0.381. The van der Waals surface area contributed by atoms with Gasteiger partial charge in [-0.2, -0.15) is 11.8 Å². The van der Waals surface area contributed by atoms with Crippen molar-refractivity contribution in [3.8, 4) is 0 Å². The fourth-order valence-corrected chi connectivity index (χ4v) is 3.85. The quantitative estimate of drug-likeness (QED) is 0.510. The van der Waals surface area contributed by atoms with Crippen molar-refractivity contribution < 1.29 is 4.79 Å². The van der Waals surface area contributed by atoms with E-state index in [9.17, 15) is 4.79 Å². The Hall–Kier alpha value is -1.39. The minimum absolute atomic E-state index is 0.00671. The summed E-state index contributed by atoms with van der Waals surface area (Å²) in [6.45, 7) is 9.36. The molecular formula is C21H27NOS2. The molecule has 0 atom stereocenters. The Bertz CT molecular complexity index is 673. The largest absolute Gasteiger partial charge is 0.351 e. The molecule has 0 aromatic heterocycles. The van der Waals surface area contributed by atoms with E-state index in [2.05, 4.69) is 57.3 Å². The van der Waals surface area contributed by atoms with E-state index in [1.165, 1.54) is 16.0 Å². The van der Waals surface area contributed by atoms with Gasteiger partial charge in [0.25, 0.3) is 5.91 Å². The van der Waals surface area contributed by atoms with E-state index >= 15 is 0 Å². The van der Waals surface area contributed by atoms with Crippen molar-refractivity contribution in [3.63, 3.8) is 0 Å². The molecule has 0 saturated heterocycles. The molecule has 0 heterocycles. The molecule has 4 heteroatoms. The monoisotopic (exact) mass is 373 g/mol.